The van der Waals surface area contributed by atoms with E-state index in [0.717, 1.165) is 38.5 Å². The van der Waals surface area contributed by atoms with Crippen LogP contribution < -0.4 is 0 Å². The number of phenols is 1. The Hall–Kier alpha value is -1.80. The van der Waals surface area contributed by atoms with Crippen molar-refractivity contribution < 1.29 is 10.2 Å². The van der Waals surface area contributed by atoms with E-state index in [1.165, 1.54) is 11.1 Å². The van der Waals surface area contributed by atoms with Crippen molar-refractivity contribution >= 4 is 0 Å². The standard InChI is InChI=1S/C19H24O2/c20-18(13-10-16-6-2-1-3-7-16)9-5-4-8-17-11-14-19(21)15-12-17/h1-3,6-7,11-12,14-15,18,20-21H,4-5,8-10,13H2/t18-/m0/s1. The summed E-state index contributed by atoms with van der Waals surface area (Å²) in [6, 6.07) is 17.7. The first-order chi connectivity index (χ1) is 10.2. The maximum absolute atomic E-state index is 10.0. The van der Waals surface area contributed by atoms with E-state index in [9.17, 15) is 10.2 Å². The Balaban J connectivity index is 1.59. The van der Waals surface area contributed by atoms with Gasteiger partial charge in [-0.25, -0.2) is 0 Å². The van der Waals surface area contributed by atoms with E-state index in [1.807, 2.05) is 30.3 Å². The van der Waals surface area contributed by atoms with E-state index >= 15 is 0 Å². The summed E-state index contributed by atoms with van der Waals surface area (Å²) in [7, 11) is 0. The molecule has 0 spiro atoms. The summed E-state index contributed by atoms with van der Waals surface area (Å²) in [6.45, 7) is 0. The molecule has 0 aliphatic rings. The topological polar surface area (TPSA) is 40.5 Å². The average Bonchev–Trinajstić information content (AvgIpc) is 2.52. The highest BCUT2D eigenvalue weighted by Gasteiger charge is 2.04. The first-order valence-electron chi connectivity index (χ1n) is 7.74. The number of hydrogen-bond acceptors (Lipinski definition) is 2. The first kappa shape index (κ1) is 15.6. The Morgan fingerprint density at radius 3 is 2.10 bits per heavy atom. The molecular weight excluding hydrogens is 260 g/mol. The zero-order chi connectivity index (χ0) is 14.9. The monoisotopic (exact) mass is 284 g/mol. The second-order valence-corrected chi connectivity index (χ2v) is 5.59. The number of aromatic hydroxyl groups is 1. The summed E-state index contributed by atoms with van der Waals surface area (Å²) in [4.78, 5) is 0. The molecule has 2 aromatic carbocycles. The highest BCUT2D eigenvalue weighted by molar-refractivity contribution is 5.25. The first-order valence-corrected chi connectivity index (χ1v) is 7.74. The van der Waals surface area contributed by atoms with Crippen LogP contribution in [-0.2, 0) is 12.8 Å². The molecule has 0 bridgehead atoms. The predicted octanol–water partition coefficient (Wildman–Crippen LogP) is 4.10. The lowest BCUT2D eigenvalue weighted by Gasteiger charge is -2.10. The van der Waals surface area contributed by atoms with Gasteiger partial charge < -0.3 is 10.2 Å². The van der Waals surface area contributed by atoms with E-state index in [4.69, 9.17) is 0 Å². The van der Waals surface area contributed by atoms with Gasteiger partial charge in [0.05, 0.1) is 6.10 Å². The lowest BCUT2D eigenvalue weighted by Crippen LogP contribution is -2.08. The van der Waals surface area contributed by atoms with Crippen LogP contribution in [0.25, 0.3) is 0 Å². The Morgan fingerprint density at radius 2 is 1.38 bits per heavy atom. The number of aryl methyl sites for hydroxylation is 2. The van der Waals surface area contributed by atoms with Gasteiger partial charge in [0.1, 0.15) is 5.75 Å². The third-order valence-electron chi connectivity index (χ3n) is 3.80. The van der Waals surface area contributed by atoms with E-state index in [2.05, 4.69) is 12.1 Å². The number of benzene rings is 2. The molecule has 112 valence electrons. The van der Waals surface area contributed by atoms with Crippen LogP contribution in [0.5, 0.6) is 5.75 Å². The van der Waals surface area contributed by atoms with Gasteiger partial charge in [0.15, 0.2) is 0 Å². The summed E-state index contributed by atoms with van der Waals surface area (Å²) in [5.74, 6) is 0.315. The van der Waals surface area contributed by atoms with Gasteiger partial charge in [0.25, 0.3) is 0 Å². The molecule has 0 saturated heterocycles. The van der Waals surface area contributed by atoms with E-state index in [0.29, 0.717) is 5.75 Å². The molecule has 2 nitrogen and oxygen atoms in total. The molecule has 21 heavy (non-hydrogen) atoms. The Morgan fingerprint density at radius 1 is 0.714 bits per heavy atom. The van der Waals surface area contributed by atoms with Crippen LogP contribution in [0, 0.1) is 0 Å². The van der Waals surface area contributed by atoms with Crippen LogP contribution in [0.3, 0.4) is 0 Å². The maximum atomic E-state index is 10.0. The fourth-order valence-electron chi connectivity index (χ4n) is 2.49. The predicted molar refractivity (Wildman–Crippen MR) is 86.4 cm³/mol. The summed E-state index contributed by atoms with van der Waals surface area (Å²) in [5, 5.41) is 19.2. The molecule has 2 rings (SSSR count). The number of hydrogen-bond donors (Lipinski definition) is 2. The average molecular weight is 284 g/mol. The number of phenolic OH excluding ortho intramolecular Hbond substituents is 1. The maximum Gasteiger partial charge on any atom is 0.115 e. The van der Waals surface area contributed by atoms with Crippen LogP contribution >= 0.6 is 0 Å². The number of aliphatic hydroxyl groups excluding tert-OH is 1. The lowest BCUT2D eigenvalue weighted by molar-refractivity contribution is 0.151. The van der Waals surface area contributed by atoms with Crippen molar-refractivity contribution in [3.8, 4) is 5.75 Å². The molecule has 0 unspecified atom stereocenters. The molecule has 2 heteroatoms. The van der Waals surface area contributed by atoms with Crippen molar-refractivity contribution in [3.63, 3.8) is 0 Å². The zero-order valence-electron chi connectivity index (χ0n) is 12.4. The van der Waals surface area contributed by atoms with E-state index in [-0.39, 0.29) is 6.10 Å². The minimum absolute atomic E-state index is 0.204. The molecular formula is C19H24O2. The molecule has 0 fully saturated rings. The molecule has 0 aliphatic carbocycles. The van der Waals surface area contributed by atoms with Gasteiger partial charge in [-0.3, -0.25) is 0 Å². The van der Waals surface area contributed by atoms with Gasteiger partial charge >= 0.3 is 0 Å². The fraction of sp³-hybridized carbons (Fsp3) is 0.368. The minimum Gasteiger partial charge on any atom is -0.508 e. The van der Waals surface area contributed by atoms with Crippen LogP contribution in [0.1, 0.15) is 36.8 Å². The van der Waals surface area contributed by atoms with Crippen LogP contribution in [0.15, 0.2) is 54.6 Å². The molecule has 0 heterocycles. The fourth-order valence-corrected chi connectivity index (χ4v) is 2.49. The van der Waals surface area contributed by atoms with Gasteiger partial charge in [-0.05, 0) is 55.4 Å². The Kier molecular flexibility index (Phi) is 6.29. The molecule has 1 atom stereocenters. The van der Waals surface area contributed by atoms with E-state index < -0.39 is 0 Å². The van der Waals surface area contributed by atoms with Crippen molar-refractivity contribution in [2.24, 2.45) is 0 Å². The largest absolute Gasteiger partial charge is 0.508 e. The van der Waals surface area contributed by atoms with E-state index in [1.54, 1.807) is 12.1 Å². The SMILES string of the molecule is Oc1ccc(CCCC[C@H](O)CCc2ccccc2)cc1. The van der Waals surface area contributed by atoms with Crippen molar-refractivity contribution in [2.45, 2.75) is 44.6 Å². The van der Waals surface area contributed by atoms with Gasteiger partial charge in [-0.2, -0.15) is 0 Å². The summed E-state index contributed by atoms with van der Waals surface area (Å²) in [6.07, 6.45) is 5.56. The molecule has 2 N–H and O–H groups in total. The molecule has 0 aromatic heterocycles. The minimum atomic E-state index is -0.204. The quantitative estimate of drug-likeness (QED) is 0.716. The molecule has 0 saturated carbocycles. The van der Waals surface area contributed by atoms with Gasteiger partial charge in [0.2, 0.25) is 0 Å². The van der Waals surface area contributed by atoms with Crippen LogP contribution in [-0.4, -0.2) is 16.3 Å². The van der Waals surface area contributed by atoms with Crippen molar-refractivity contribution in [3.05, 3.63) is 65.7 Å². The second kappa shape index (κ2) is 8.48. The smallest absolute Gasteiger partial charge is 0.115 e. The normalized spacial score (nSPS) is 12.2. The Labute approximate surface area is 127 Å². The highest BCUT2D eigenvalue weighted by atomic mass is 16.3. The number of rotatable bonds is 8. The van der Waals surface area contributed by atoms with Gasteiger partial charge in [-0.1, -0.05) is 48.9 Å². The van der Waals surface area contributed by atoms with Gasteiger partial charge in [-0.15, -0.1) is 0 Å². The highest BCUT2D eigenvalue weighted by Crippen LogP contribution is 2.14. The summed E-state index contributed by atoms with van der Waals surface area (Å²) < 4.78 is 0. The molecule has 2 aromatic rings. The number of unbranched alkanes of at least 4 members (excludes halogenated alkanes) is 1. The third kappa shape index (κ3) is 6.01. The third-order valence-corrected chi connectivity index (χ3v) is 3.80. The van der Waals surface area contributed by atoms with Gasteiger partial charge in [0, 0.05) is 0 Å². The molecule has 0 radical (unpaired) electrons. The summed E-state index contributed by atoms with van der Waals surface area (Å²) in [5.41, 5.74) is 2.53. The summed E-state index contributed by atoms with van der Waals surface area (Å²) >= 11 is 0. The van der Waals surface area contributed by atoms with Crippen LogP contribution in [0.2, 0.25) is 0 Å². The molecule has 0 aliphatic heterocycles. The number of aliphatic hydroxyl groups is 1. The zero-order valence-corrected chi connectivity index (χ0v) is 12.4. The van der Waals surface area contributed by atoms with Crippen molar-refractivity contribution in [2.75, 3.05) is 0 Å². The Bertz CT molecular complexity index is 505. The van der Waals surface area contributed by atoms with Crippen molar-refractivity contribution in [1.29, 1.82) is 0 Å². The van der Waals surface area contributed by atoms with Crippen molar-refractivity contribution in [1.82, 2.24) is 0 Å². The molecule has 0 amide bonds. The lowest BCUT2D eigenvalue weighted by atomic mass is 10.0. The second-order valence-electron chi connectivity index (χ2n) is 5.59. The van der Waals surface area contributed by atoms with Crippen LogP contribution in [0.4, 0.5) is 0 Å².